The van der Waals surface area contributed by atoms with Crippen LogP contribution < -0.4 is 5.32 Å². The van der Waals surface area contributed by atoms with Gasteiger partial charge in [-0.05, 0) is 48.3 Å². The number of ether oxygens (including phenoxy) is 1. The van der Waals surface area contributed by atoms with Crippen LogP contribution in [0.4, 0.5) is 4.39 Å². The number of benzene rings is 1. The van der Waals surface area contributed by atoms with Gasteiger partial charge in [0.1, 0.15) is 11.5 Å². The Hall–Kier alpha value is -3.20. The Balaban J connectivity index is 1.46. The highest BCUT2D eigenvalue weighted by Crippen LogP contribution is 2.23. The summed E-state index contributed by atoms with van der Waals surface area (Å²) in [5, 5.41) is 6.60. The number of halogens is 1. The summed E-state index contributed by atoms with van der Waals surface area (Å²) in [7, 11) is 0. The van der Waals surface area contributed by atoms with E-state index in [9.17, 15) is 14.0 Å². The number of aromatic nitrogens is 3. The van der Waals surface area contributed by atoms with Crippen molar-refractivity contribution >= 4 is 23.4 Å². The monoisotopic (exact) mass is 386 g/mol. The van der Waals surface area contributed by atoms with Gasteiger partial charge in [-0.25, -0.2) is 9.18 Å². The van der Waals surface area contributed by atoms with Crippen LogP contribution in [0.1, 0.15) is 26.5 Å². The summed E-state index contributed by atoms with van der Waals surface area (Å²) < 4.78 is 22.1. The zero-order valence-corrected chi connectivity index (χ0v) is 14.9. The molecule has 1 aromatic carbocycles. The number of carbonyl (C=O) groups is 2. The van der Waals surface area contributed by atoms with Gasteiger partial charge in [0.05, 0.1) is 6.61 Å². The number of nitrogens with zero attached hydrogens (tertiary/aromatic N) is 3. The van der Waals surface area contributed by atoms with Gasteiger partial charge in [-0.15, -0.1) is 5.10 Å². The summed E-state index contributed by atoms with van der Waals surface area (Å²) in [6.07, 6.45) is 3.64. The molecule has 3 rings (SSSR count). The standard InChI is InChI=1S/C18H15FN4O3S/c19-14-6-1-4-12(10-14)17(24)21-8-3-9-26-18(25)16-15(22-23-27-16)13-5-2-7-20-11-13/h1-2,4-7,10-11H,3,8-9H2,(H,21,24). The van der Waals surface area contributed by atoms with E-state index in [-0.39, 0.29) is 18.1 Å². The maximum Gasteiger partial charge on any atom is 0.352 e. The largest absolute Gasteiger partial charge is 0.461 e. The van der Waals surface area contributed by atoms with Crippen LogP contribution in [0.2, 0.25) is 0 Å². The third-order valence-electron chi connectivity index (χ3n) is 3.54. The van der Waals surface area contributed by atoms with Crippen LogP contribution in [0, 0.1) is 5.82 Å². The minimum absolute atomic E-state index is 0.118. The van der Waals surface area contributed by atoms with E-state index in [0.717, 1.165) is 17.6 Å². The Morgan fingerprint density at radius 3 is 2.89 bits per heavy atom. The van der Waals surface area contributed by atoms with Crippen LogP contribution in [-0.2, 0) is 4.74 Å². The predicted octanol–water partition coefficient (Wildman–Crippen LogP) is 2.72. The lowest BCUT2D eigenvalue weighted by Crippen LogP contribution is -2.25. The van der Waals surface area contributed by atoms with Gasteiger partial charge >= 0.3 is 5.97 Å². The van der Waals surface area contributed by atoms with Gasteiger partial charge in [0, 0.05) is 30.1 Å². The van der Waals surface area contributed by atoms with Crippen molar-refractivity contribution in [1.29, 1.82) is 0 Å². The maximum absolute atomic E-state index is 13.1. The lowest BCUT2D eigenvalue weighted by Gasteiger charge is -2.06. The van der Waals surface area contributed by atoms with Crippen molar-refractivity contribution in [2.24, 2.45) is 0 Å². The molecule has 0 aliphatic heterocycles. The van der Waals surface area contributed by atoms with Gasteiger partial charge in [-0.1, -0.05) is 10.6 Å². The molecule has 3 aromatic rings. The summed E-state index contributed by atoms with van der Waals surface area (Å²) in [6, 6.07) is 8.94. The highest BCUT2D eigenvalue weighted by atomic mass is 32.1. The van der Waals surface area contributed by atoms with Crippen molar-refractivity contribution in [3.8, 4) is 11.3 Å². The first-order valence-corrected chi connectivity index (χ1v) is 8.86. The molecule has 138 valence electrons. The number of hydrogen-bond acceptors (Lipinski definition) is 7. The lowest BCUT2D eigenvalue weighted by atomic mass is 10.2. The third-order valence-corrected chi connectivity index (χ3v) is 4.24. The first kappa shape index (κ1) is 18.6. The quantitative estimate of drug-likeness (QED) is 0.496. The number of esters is 1. The second kappa shape index (κ2) is 8.95. The van der Waals surface area contributed by atoms with Crippen molar-refractivity contribution in [1.82, 2.24) is 19.9 Å². The zero-order chi connectivity index (χ0) is 19.1. The minimum atomic E-state index is -0.527. The summed E-state index contributed by atoms with van der Waals surface area (Å²) in [4.78, 5) is 28.4. The molecular weight excluding hydrogens is 371 g/mol. The van der Waals surface area contributed by atoms with E-state index in [1.807, 2.05) is 0 Å². The molecule has 0 spiro atoms. The Morgan fingerprint density at radius 2 is 2.11 bits per heavy atom. The van der Waals surface area contributed by atoms with Crippen molar-refractivity contribution < 1.29 is 18.7 Å². The molecule has 1 amide bonds. The number of carbonyl (C=O) groups excluding carboxylic acids is 2. The fourth-order valence-electron chi connectivity index (χ4n) is 2.25. The van der Waals surface area contributed by atoms with Gasteiger partial charge in [0.15, 0.2) is 4.88 Å². The first-order chi connectivity index (χ1) is 13.1. The fourth-order valence-corrected chi connectivity index (χ4v) is 2.84. The van der Waals surface area contributed by atoms with Gasteiger partial charge in [0.2, 0.25) is 0 Å². The molecule has 27 heavy (non-hydrogen) atoms. The average Bonchev–Trinajstić information content (AvgIpc) is 3.18. The van der Waals surface area contributed by atoms with Crippen LogP contribution in [0.15, 0.2) is 48.8 Å². The predicted molar refractivity (Wildman–Crippen MR) is 96.8 cm³/mol. The molecule has 0 radical (unpaired) electrons. The molecule has 0 atom stereocenters. The van der Waals surface area contributed by atoms with E-state index in [1.54, 1.807) is 24.5 Å². The highest BCUT2D eigenvalue weighted by molar-refractivity contribution is 7.08. The SMILES string of the molecule is O=C(NCCCOC(=O)c1snnc1-c1cccnc1)c1cccc(F)c1. The van der Waals surface area contributed by atoms with Gasteiger partial charge < -0.3 is 10.1 Å². The molecule has 0 saturated heterocycles. The van der Waals surface area contributed by atoms with Crippen LogP contribution in [0.3, 0.4) is 0 Å². The number of hydrogen-bond donors (Lipinski definition) is 1. The molecule has 1 N–H and O–H groups in total. The summed E-state index contributed by atoms with van der Waals surface area (Å²) in [6.45, 7) is 0.408. The summed E-state index contributed by atoms with van der Waals surface area (Å²) >= 11 is 0.951. The number of nitrogens with one attached hydrogen (secondary N) is 1. The maximum atomic E-state index is 13.1. The Morgan fingerprint density at radius 1 is 1.22 bits per heavy atom. The van der Waals surface area contributed by atoms with E-state index in [4.69, 9.17) is 4.74 Å². The van der Waals surface area contributed by atoms with Gasteiger partial charge in [-0.2, -0.15) is 0 Å². The third kappa shape index (κ3) is 4.91. The zero-order valence-electron chi connectivity index (χ0n) is 14.1. The number of rotatable bonds is 7. The van der Waals surface area contributed by atoms with E-state index >= 15 is 0 Å². The van der Waals surface area contributed by atoms with E-state index < -0.39 is 11.8 Å². The highest BCUT2D eigenvalue weighted by Gasteiger charge is 2.19. The van der Waals surface area contributed by atoms with E-state index in [1.165, 1.54) is 18.2 Å². The van der Waals surface area contributed by atoms with Crippen LogP contribution in [0.5, 0.6) is 0 Å². The smallest absolute Gasteiger partial charge is 0.352 e. The summed E-state index contributed by atoms with van der Waals surface area (Å²) in [5.41, 5.74) is 1.35. The van der Waals surface area contributed by atoms with Crippen LogP contribution in [0.25, 0.3) is 11.3 Å². The molecule has 0 fully saturated rings. The number of amides is 1. The molecule has 2 aromatic heterocycles. The summed E-state index contributed by atoms with van der Waals surface area (Å²) in [5.74, 6) is -1.38. The van der Waals surface area contributed by atoms with E-state index in [2.05, 4.69) is 19.9 Å². The molecular formula is C18H15FN4O3S. The van der Waals surface area contributed by atoms with Crippen molar-refractivity contribution in [3.63, 3.8) is 0 Å². The first-order valence-electron chi connectivity index (χ1n) is 8.09. The molecule has 0 aliphatic carbocycles. The topological polar surface area (TPSA) is 94.1 Å². The van der Waals surface area contributed by atoms with Crippen molar-refractivity contribution in [2.45, 2.75) is 6.42 Å². The molecule has 0 saturated carbocycles. The van der Waals surface area contributed by atoms with Crippen molar-refractivity contribution in [3.05, 3.63) is 65.0 Å². The van der Waals surface area contributed by atoms with Gasteiger partial charge in [0.25, 0.3) is 5.91 Å². The fraction of sp³-hybridized carbons (Fsp3) is 0.167. The molecule has 0 unspecified atom stereocenters. The molecule has 0 bridgehead atoms. The Labute approximate surface area is 158 Å². The molecule has 7 nitrogen and oxygen atoms in total. The van der Waals surface area contributed by atoms with Crippen LogP contribution >= 0.6 is 11.5 Å². The second-order valence-electron chi connectivity index (χ2n) is 5.45. The lowest BCUT2D eigenvalue weighted by molar-refractivity contribution is 0.0507. The molecule has 9 heteroatoms. The Bertz CT molecular complexity index is 933. The average molecular weight is 386 g/mol. The molecule has 2 heterocycles. The Kier molecular flexibility index (Phi) is 6.16. The second-order valence-corrected chi connectivity index (χ2v) is 6.20. The van der Waals surface area contributed by atoms with Crippen molar-refractivity contribution in [2.75, 3.05) is 13.2 Å². The molecule has 0 aliphatic rings. The number of pyridine rings is 1. The van der Waals surface area contributed by atoms with E-state index in [0.29, 0.717) is 29.1 Å². The van der Waals surface area contributed by atoms with Gasteiger partial charge in [-0.3, -0.25) is 9.78 Å². The minimum Gasteiger partial charge on any atom is -0.461 e. The van der Waals surface area contributed by atoms with Crippen LogP contribution in [-0.4, -0.2) is 39.6 Å². The normalized spacial score (nSPS) is 10.4.